The third kappa shape index (κ3) is 1.92. The topological polar surface area (TPSA) is 55.8 Å². The summed E-state index contributed by atoms with van der Waals surface area (Å²) >= 11 is 0. The summed E-state index contributed by atoms with van der Waals surface area (Å²) < 4.78 is 11.1. The molecule has 0 amide bonds. The molecule has 0 saturated carbocycles. The highest BCUT2D eigenvalue weighted by Crippen LogP contribution is 2.40. The van der Waals surface area contributed by atoms with Gasteiger partial charge in [-0.15, -0.1) is 0 Å². The summed E-state index contributed by atoms with van der Waals surface area (Å²) in [5, 5.41) is 9.98. The highest BCUT2D eigenvalue weighted by atomic mass is 16.5. The molecule has 0 aromatic heterocycles. The van der Waals surface area contributed by atoms with Crippen LogP contribution in [0.4, 0.5) is 0 Å². The molecule has 0 radical (unpaired) electrons. The third-order valence-electron chi connectivity index (χ3n) is 3.69. The molecule has 4 nitrogen and oxygen atoms in total. The second-order valence-electron chi connectivity index (χ2n) is 5.04. The summed E-state index contributed by atoms with van der Waals surface area (Å²) in [7, 11) is 1.61. The van der Waals surface area contributed by atoms with Crippen LogP contribution in [0.1, 0.15) is 24.0 Å². The van der Waals surface area contributed by atoms with Gasteiger partial charge in [0.25, 0.3) is 0 Å². The Balaban J connectivity index is 2.10. The minimum absolute atomic E-state index is 0.0635. The number of fused-ring (bicyclic) bond motifs is 1. The molecule has 0 fully saturated rings. The van der Waals surface area contributed by atoms with Crippen LogP contribution in [0.3, 0.4) is 0 Å². The van der Waals surface area contributed by atoms with Crippen LogP contribution < -0.4 is 9.47 Å². The van der Waals surface area contributed by atoms with Crippen LogP contribution in [0.25, 0.3) is 0 Å². The van der Waals surface area contributed by atoms with E-state index >= 15 is 0 Å². The zero-order chi connectivity index (χ0) is 13.6. The van der Waals surface area contributed by atoms with Crippen LogP contribution in [0.15, 0.2) is 23.5 Å². The molecule has 2 aliphatic rings. The van der Waals surface area contributed by atoms with Crippen molar-refractivity contribution in [3.63, 3.8) is 0 Å². The van der Waals surface area contributed by atoms with Crippen LogP contribution >= 0.6 is 0 Å². The summed E-state index contributed by atoms with van der Waals surface area (Å²) in [4.78, 5) is 12.0. The molecule has 0 spiro atoms. The molecule has 1 heterocycles. The number of carbonyl (C=O) groups excluding carboxylic acids is 1. The molecule has 0 saturated heterocycles. The van der Waals surface area contributed by atoms with Crippen LogP contribution in [0.2, 0.25) is 0 Å². The molecule has 1 aliphatic carbocycles. The number of rotatable bonds is 1. The van der Waals surface area contributed by atoms with Crippen LogP contribution in [-0.4, -0.2) is 24.1 Å². The molecule has 0 bridgehead atoms. The van der Waals surface area contributed by atoms with E-state index < -0.39 is 6.10 Å². The average molecular weight is 260 g/mol. The molecule has 3 rings (SSSR count). The maximum absolute atomic E-state index is 12.0. The SMILES string of the molecule is COc1cc(C)cc2c1CC1=C(O2)C(O)CCC1=O. The van der Waals surface area contributed by atoms with Gasteiger partial charge in [-0.25, -0.2) is 0 Å². The molecule has 1 N–H and O–H groups in total. The van der Waals surface area contributed by atoms with Gasteiger partial charge in [-0.3, -0.25) is 4.79 Å². The van der Waals surface area contributed by atoms with Crippen molar-refractivity contribution in [2.75, 3.05) is 7.11 Å². The molecule has 1 atom stereocenters. The monoisotopic (exact) mass is 260 g/mol. The van der Waals surface area contributed by atoms with Crippen molar-refractivity contribution in [2.24, 2.45) is 0 Å². The lowest BCUT2D eigenvalue weighted by molar-refractivity contribution is -0.117. The zero-order valence-corrected chi connectivity index (χ0v) is 11.0. The van der Waals surface area contributed by atoms with Crippen LogP contribution in [0, 0.1) is 6.92 Å². The molecule has 1 aliphatic heterocycles. The largest absolute Gasteiger partial charge is 0.496 e. The molecular weight excluding hydrogens is 244 g/mol. The van der Waals surface area contributed by atoms with Crippen LogP contribution in [0.5, 0.6) is 11.5 Å². The number of benzene rings is 1. The first-order valence-corrected chi connectivity index (χ1v) is 6.40. The van der Waals surface area contributed by atoms with E-state index in [1.807, 2.05) is 19.1 Å². The standard InChI is InChI=1S/C15H16O4/c1-8-5-13(18-2)10-7-9-11(16)3-4-12(17)15(9)19-14(10)6-8/h5-6,12,17H,3-4,7H2,1-2H3. The summed E-state index contributed by atoms with van der Waals surface area (Å²) in [6.07, 6.45) is 0.625. The number of aryl methyl sites for hydroxylation is 1. The maximum atomic E-state index is 12.0. The van der Waals surface area contributed by atoms with Gasteiger partial charge in [0.2, 0.25) is 0 Å². The summed E-state index contributed by atoms with van der Waals surface area (Å²) in [6.45, 7) is 1.96. The molecule has 4 heteroatoms. The highest BCUT2D eigenvalue weighted by molar-refractivity contribution is 5.98. The number of allylic oxidation sites excluding steroid dienone is 1. The molecule has 1 unspecified atom stereocenters. The normalized spacial score (nSPS) is 21.6. The second kappa shape index (κ2) is 4.38. The Labute approximate surface area is 111 Å². The van der Waals surface area contributed by atoms with Gasteiger partial charge in [-0.2, -0.15) is 0 Å². The first-order chi connectivity index (χ1) is 9.10. The minimum Gasteiger partial charge on any atom is -0.496 e. The summed E-state index contributed by atoms with van der Waals surface area (Å²) in [5.41, 5.74) is 2.50. The molecule has 19 heavy (non-hydrogen) atoms. The van der Waals surface area contributed by atoms with E-state index in [9.17, 15) is 9.90 Å². The van der Waals surface area contributed by atoms with Crippen molar-refractivity contribution in [2.45, 2.75) is 32.3 Å². The summed E-state index contributed by atoms with van der Waals surface area (Å²) in [5.74, 6) is 1.91. The Hall–Kier alpha value is -1.81. The first kappa shape index (κ1) is 12.2. The smallest absolute Gasteiger partial charge is 0.162 e. The number of ketones is 1. The average Bonchev–Trinajstić information content (AvgIpc) is 2.40. The number of methoxy groups -OCH3 is 1. The fourth-order valence-corrected chi connectivity index (χ4v) is 2.70. The van der Waals surface area contributed by atoms with Gasteiger partial charge >= 0.3 is 0 Å². The number of Topliss-reactive ketones (excluding diaryl/α,β-unsaturated/α-hetero) is 1. The van der Waals surface area contributed by atoms with E-state index in [1.165, 1.54) is 0 Å². The van der Waals surface area contributed by atoms with Crippen molar-refractivity contribution >= 4 is 5.78 Å². The van der Waals surface area contributed by atoms with Gasteiger partial charge in [-0.1, -0.05) is 0 Å². The van der Waals surface area contributed by atoms with E-state index in [-0.39, 0.29) is 5.78 Å². The van der Waals surface area contributed by atoms with Crippen molar-refractivity contribution < 1.29 is 19.4 Å². The predicted octanol–water partition coefficient (Wildman–Crippen LogP) is 1.92. The number of aliphatic hydroxyl groups excluding tert-OH is 1. The van der Waals surface area contributed by atoms with Gasteiger partial charge in [0, 0.05) is 24.0 Å². The van der Waals surface area contributed by atoms with Crippen molar-refractivity contribution in [1.29, 1.82) is 0 Å². The molecule has 1 aromatic carbocycles. The number of ether oxygens (including phenoxy) is 2. The van der Waals surface area contributed by atoms with E-state index in [4.69, 9.17) is 9.47 Å². The van der Waals surface area contributed by atoms with Crippen molar-refractivity contribution in [3.8, 4) is 11.5 Å². The quantitative estimate of drug-likeness (QED) is 0.838. The summed E-state index contributed by atoms with van der Waals surface area (Å²) in [6, 6.07) is 3.84. The number of hydrogen-bond acceptors (Lipinski definition) is 4. The Morgan fingerprint density at radius 3 is 2.95 bits per heavy atom. The number of aliphatic hydroxyl groups is 1. The van der Waals surface area contributed by atoms with E-state index in [0.717, 1.165) is 16.9 Å². The van der Waals surface area contributed by atoms with E-state index in [0.29, 0.717) is 36.3 Å². The highest BCUT2D eigenvalue weighted by Gasteiger charge is 2.34. The van der Waals surface area contributed by atoms with E-state index in [2.05, 4.69) is 0 Å². The Morgan fingerprint density at radius 1 is 1.42 bits per heavy atom. The van der Waals surface area contributed by atoms with Gasteiger partial charge in [0.1, 0.15) is 23.4 Å². The number of hydrogen-bond donors (Lipinski definition) is 1. The third-order valence-corrected chi connectivity index (χ3v) is 3.69. The Bertz CT molecular complexity index is 586. The van der Waals surface area contributed by atoms with Gasteiger partial charge in [0.05, 0.1) is 7.11 Å². The van der Waals surface area contributed by atoms with Gasteiger partial charge in [-0.05, 0) is 31.0 Å². The second-order valence-corrected chi connectivity index (χ2v) is 5.04. The molecule has 100 valence electrons. The van der Waals surface area contributed by atoms with E-state index in [1.54, 1.807) is 7.11 Å². The van der Waals surface area contributed by atoms with Crippen molar-refractivity contribution in [1.82, 2.24) is 0 Å². The first-order valence-electron chi connectivity index (χ1n) is 6.40. The molecular formula is C15H16O4. The lowest BCUT2D eigenvalue weighted by Gasteiger charge is -2.30. The predicted molar refractivity (Wildman–Crippen MR) is 69.3 cm³/mol. The van der Waals surface area contributed by atoms with Gasteiger partial charge < -0.3 is 14.6 Å². The Kier molecular flexibility index (Phi) is 2.82. The van der Waals surface area contributed by atoms with Crippen LogP contribution in [-0.2, 0) is 11.2 Å². The fourth-order valence-electron chi connectivity index (χ4n) is 2.70. The lowest BCUT2D eigenvalue weighted by Crippen LogP contribution is -2.30. The van der Waals surface area contributed by atoms with Crippen molar-refractivity contribution in [3.05, 3.63) is 34.6 Å². The Morgan fingerprint density at radius 2 is 2.21 bits per heavy atom. The molecule has 1 aromatic rings. The lowest BCUT2D eigenvalue weighted by atomic mass is 9.87. The van der Waals surface area contributed by atoms with Gasteiger partial charge in [0.15, 0.2) is 5.78 Å². The number of carbonyl (C=O) groups is 1. The zero-order valence-electron chi connectivity index (χ0n) is 11.0. The maximum Gasteiger partial charge on any atom is 0.162 e. The minimum atomic E-state index is -0.674. The fraction of sp³-hybridized carbons (Fsp3) is 0.400.